The molecule has 0 bridgehead atoms. The highest BCUT2D eigenvalue weighted by Crippen LogP contribution is 2.50. The van der Waals surface area contributed by atoms with Crippen LogP contribution < -0.4 is 9.47 Å². The maximum Gasteiger partial charge on any atom is 0.481 e. The molecule has 0 fully saturated rings. The number of nitrogens with zero attached hydrogens (tertiary/aromatic N) is 1. The molecule has 90 valence electrons. The van der Waals surface area contributed by atoms with E-state index in [0.29, 0.717) is 0 Å². The Morgan fingerprint density at radius 3 is 2.53 bits per heavy atom. The zero-order valence-corrected chi connectivity index (χ0v) is 10.4. The molecule has 0 saturated heterocycles. The summed E-state index contributed by atoms with van der Waals surface area (Å²) in [6.45, 7) is 0. The van der Waals surface area contributed by atoms with E-state index in [0.717, 1.165) is 12.1 Å². The van der Waals surface area contributed by atoms with Gasteiger partial charge in [0.15, 0.2) is 11.5 Å². The van der Waals surface area contributed by atoms with Gasteiger partial charge >= 0.3 is 9.97 Å². The first-order valence-electron chi connectivity index (χ1n) is 4.30. The highest BCUT2D eigenvalue weighted by atomic mass is 127. The first-order valence-corrected chi connectivity index (χ1v) is 6.91. The summed E-state index contributed by atoms with van der Waals surface area (Å²) in [5.41, 5.74) is 0.169. The Morgan fingerprint density at radius 2 is 1.94 bits per heavy atom. The summed E-state index contributed by atoms with van der Waals surface area (Å²) in [6.07, 6.45) is -4.07. The molecule has 1 aliphatic heterocycles. The summed E-state index contributed by atoms with van der Waals surface area (Å²) in [5, 5.41) is 8.64. The summed E-state index contributed by atoms with van der Waals surface area (Å²) in [5.74, 6) is -0.499. The number of ether oxygens (including phenoxy) is 2. The van der Waals surface area contributed by atoms with Crippen molar-refractivity contribution in [1.82, 2.24) is 0 Å². The lowest BCUT2D eigenvalue weighted by atomic mass is 10.2. The van der Waals surface area contributed by atoms with Crippen LogP contribution >= 0.6 is 20.7 Å². The van der Waals surface area contributed by atoms with Crippen molar-refractivity contribution in [1.29, 1.82) is 5.26 Å². The number of benzene rings is 1. The third-order valence-electron chi connectivity index (χ3n) is 2.06. The second kappa shape index (κ2) is 3.87. The second-order valence-corrected chi connectivity index (χ2v) is 5.29. The van der Waals surface area contributed by atoms with E-state index in [-0.39, 0.29) is 17.1 Å². The molecular weight excluding hydrogens is 350 g/mol. The van der Waals surface area contributed by atoms with Crippen molar-refractivity contribution >= 4 is 25.2 Å². The van der Waals surface area contributed by atoms with E-state index in [1.165, 1.54) is 6.07 Å². The molecule has 0 aliphatic carbocycles. The van der Waals surface area contributed by atoms with Gasteiger partial charge in [0.25, 0.3) is 0 Å². The van der Waals surface area contributed by atoms with E-state index in [1.807, 2.05) is 0 Å². The fraction of sp³-hybridized carbons (Fsp3) is 0.200. The largest absolute Gasteiger partial charge is 0.481 e. The van der Waals surface area contributed by atoms with Crippen LogP contribution in [0, 0.1) is 11.3 Å². The number of alkyl halides is 4. The van der Waals surface area contributed by atoms with Gasteiger partial charge in [-0.3, -0.25) is 0 Å². The quantitative estimate of drug-likeness (QED) is 0.575. The van der Waals surface area contributed by atoms with E-state index in [4.69, 9.17) is 5.26 Å². The third kappa shape index (κ3) is 1.86. The van der Waals surface area contributed by atoms with Crippen molar-refractivity contribution in [3.05, 3.63) is 23.8 Å². The van der Waals surface area contributed by atoms with E-state index in [2.05, 4.69) is 14.0 Å². The normalized spacial score (nSPS) is 25.1. The molecule has 1 atom stereocenters. The molecule has 17 heavy (non-hydrogen) atoms. The summed E-state index contributed by atoms with van der Waals surface area (Å²) >= 11 is -1.82. The van der Waals surface area contributed by atoms with Crippen molar-refractivity contribution < 1.29 is 22.6 Å². The first-order chi connectivity index (χ1) is 7.92. The molecule has 1 aromatic carbocycles. The van der Waals surface area contributed by atoms with Crippen LogP contribution in [0.5, 0.6) is 11.5 Å². The van der Waals surface area contributed by atoms with Crippen LogP contribution in [0.4, 0.5) is 13.2 Å². The van der Waals surface area contributed by atoms with E-state index in [9.17, 15) is 13.2 Å². The third-order valence-corrected chi connectivity index (χ3v) is 3.89. The van der Waals surface area contributed by atoms with Crippen molar-refractivity contribution in [3.63, 3.8) is 0 Å². The Hall–Kier alpha value is -1.30. The molecule has 7 heteroatoms. The van der Waals surface area contributed by atoms with Gasteiger partial charge in [0.1, 0.15) is 0 Å². The van der Waals surface area contributed by atoms with Crippen LogP contribution in [0.2, 0.25) is 0 Å². The van der Waals surface area contributed by atoms with E-state index < -0.39 is 30.7 Å². The molecule has 1 aliphatic rings. The van der Waals surface area contributed by atoms with Crippen LogP contribution in [0.1, 0.15) is 5.56 Å². The number of halogens is 4. The first kappa shape index (κ1) is 12.2. The molecule has 0 N–H and O–H groups in total. The van der Waals surface area contributed by atoms with Crippen molar-refractivity contribution in [2.45, 2.75) is 9.97 Å². The fourth-order valence-corrected chi connectivity index (χ4v) is 2.19. The maximum absolute atomic E-state index is 13.8. The average molecular weight is 355 g/mol. The Labute approximate surface area is 104 Å². The standard InChI is InChI=1S/C10H5F3INO2/c1-14-10(13)9(11,12)16-7-3-2-6(5-15)4-8(7)17-10/h2-4H,1H2. The molecule has 3 nitrogen and oxygen atoms in total. The number of hydrogen-bond donors (Lipinski definition) is 0. The molecule has 0 radical (unpaired) electrons. The number of hydrogen-bond acceptors (Lipinski definition) is 3. The summed E-state index contributed by atoms with van der Waals surface area (Å²) < 4.78 is 49.3. The predicted molar refractivity (Wildman–Crippen MR) is 62.3 cm³/mol. The Kier molecular flexibility index (Phi) is 2.77. The SMILES string of the molecule is C=IC1(F)Oc2cc(C#N)ccc2OC1(F)F. The monoisotopic (exact) mass is 355 g/mol. The number of nitriles is 1. The molecule has 1 unspecified atom stereocenters. The topological polar surface area (TPSA) is 42.2 Å². The predicted octanol–water partition coefficient (Wildman–Crippen LogP) is 2.95. The van der Waals surface area contributed by atoms with Gasteiger partial charge in [-0.25, -0.2) is 0 Å². The van der Waals surface area contributed by atoms with Crippen LogP contribution in [0.25, 0.3) is 0 Å². The lowest BCUT2D eigenvalue weighted by molar-refractivity contribution is -0.290. The van der Waals surface area contributed by atoms with E-state index in [1.54, 1.807) is 6.07 Å². The second-order valence-electron chi connectivity index (χ2n) is 3.14. The van der Waals surface area contributed by atoms with Crippen molar-refractivity contribution in [3.8, 4) is 17.6 Å². The minimum atomic E-state index is -4.07. The van der Waals surface area contributed by atoms with Crippen LogP contribution in [-0.4, -0.2) is 14.5 Å². The van der Waals surface area contributed by atoms with Gasteiger partial charge in [-0.05, 0) is 32.9 Å². The van der Waals surface area contributed by atoms with Gasteiger partial charge in [0.2, 0.25) is 0 Å². The molecule has 0 aromatic heterocycles. The Morgan fingerprint density at radius 1 is 1.24 bits per heavy atom. The highest BCUT2D eigenvalue weighted by molar-refractivity contribution is 14.2. The van der Waals surface area contributed by atoms with Gasteiger partial charge < -0.3 is 9.47 Å². The number of rotatable bonds is 1. The summed E-state index contributed by atoms with van der Waals surface area (Å²) in [4.78, 5) is 0. The highest BCUT2D eigenvalue weighted by Gasteiger charge is 2.62. The minimum absolute atomic E-state index is 0.169. The van der Waals surface area contributed by atoms with Crippen LogP contribution in [0.15, 0.2) is 18.2 Å². The number of fused-ring (bicyclic) bond motifs is 1. The van der Waals surface area contributed by atoms with Crippen molar-refractivity contribution in [2.75, 3.05) is 0 Å². The molecule has 1 aromatic rings. The lowest BCUT2D eigenvalue weighted by Gasteiger charge is -2.34. The smallest absolute Gasteiger partial charge is 0.438 e. The average Bonchev–Trinajstić information content (AvgIpc) is 2.29. The molecule has 2 rings (SSSR count). The molecule has 0 spiro atoms. The Bertz CT molecular complexity index is 529. The maximum atomic E-state index is 13.8. The molecule has 1 heterocycles. The lowest BCUT2D eigenvalue weighted by Crippen LogP contribution is -2.51. The molecule has 0 saturated carbocycles. The Balaban J connectivity index is 2.52. The van der Waals surface area contributed by atoms with Gasteiger partial charge in [0, 0.05) is 6.07 Å². The molecular formula is C10H5F3INO2. The van der Waals surface area contributed by atoms with Gasteiger partial charge in [-0.1, -0.05) is 4.51 Å². The van der Waals surface area contributed by atoms with Crippen molar-refractivity contribution in [2.24, 2.45) is 0 Å². The van der Waals surface area contributed by atoms with Crippen LogP contribution in [0.3, 0.4) is 0 Å². The fourth-order valence-electron chi connectivity index (χ4n) is 1.24. The van der Waals surface area contributed by atoms with E-state index >= 15 is 0 Å². The van der Waals surface area contributed by atoms with Crippen LogP contribution in [-0.2, 0) is 0 Å². The molecule has 0 amide bonds. The van der Waals surface area contributed by atoms with Gasteiger partial charge in [-0.15, -0.1) is 0 Å². The summed E-state index contributed by atoms with van der Waals surface area (Å²) in [6, 6.07) is 5.36. The minimum Gasteiger partial charge on any atom is -0.438 e. The van der Waals surface area contributed by atoms with Gasteiger partial charge in [0.05, 0.1) is 11.6 Å². The van der Waals surface area contributed by atoms with Gasteiger partial charge in [-0.2, -0.15) is 18.4 Å². The zero-order chi connectivity index (χ0) is 12.7. The zero-order valence-electron chi connectivity index (χ0n) is 8.21. The summed E-state index contributed by atoms with van der Waals surface area (Å²) in [7, 11) is 0.